The van der Waals surface area contributed by atoms with Crippen LogP contribution >= 0.6 is 0 Å². The normalized spacial score (nSPS) is 13.5. The van der Waals surface area contributed by atoms with Crippen molar-refractivity contribution in [3.05, 3.63) is 67.4 Å². The Morgan fingerprint density at radius 2 is 1.77 bits per heavy atom. The van der Waals surface area contributed by atoms with E-state index in [9.17, 15) is 13.2 Å². The van der Waals surface area contributed by atoms with Crippen LogP contribution in [0.15, 0.2) is 71.9 Å². The van der Waals surface area contributed by atoms with E-state index in [-0.39, 0.29) is 0 Å². The van der Waals surface area contributed by atoms with Crippen LogP contribution in [0.2, 0.25) is 0 Å². The topological polar surface area (TPSA) is 144 Å². The molecule has 12 nitrogen and oxygen atoms in total. The Kier molecular flexibility index (Phi) is 7.54. The molecule has 2 aromatic carbocycles. The van der Waals surface area contributed by atoms with Crippen molar-refractivity contribution in [2.24, 2.45) is 0 Å². The Morgan fingerprint density at radius 1 is 1.02 bits per heavy atom. The molecule has 0 spiro atoms. The molecule has 3 aromatic heterocycles. The molecule has 40 heavy (non-hydrogen) atoms. The molecule has 1 aliphatic rings. The minimum absolute atomic E-state index is 0.509. The Hall–Kier alpha value is -5.05. The van der Waals surface area contributed by atoms with Crippen LogP contribution in [0.1, 0.15) is 0 Å². The predicted octanol–water partition coefficient (Wildman–Crippen LogP) is 4.08. The number of carboxylic acids is 1. The Labute approximate surface area is 224 Å². The first-order valence-electron chi connectivity index (χ1n) is 11.8. The molecule has 6 rings (SSSR count). The number of oxazole rings is 1. The van der Waals surface area contributed by atoms with Crippen LogP contribution in [0.5, 0.6) is 0 Å². The van der Waals surface area contributed by atoms with Crippen molar-refractivity contribution in [1.29, 1.82) is 0 Å². The van der Waals surface area contributed by atoms with Gasteiger partial charge in [0.05, 0.1) is 30.6 Å². The molecule has 15 heteroatoms. The van der Waals surface area contributed by atoms with Gasteiger partial charge < -0.3 is 24.5 Å². The lowest BCUT2D eigenvalue weighted by atomic mass is 10.1. The number of benzene rings is 2. The molecule has 0 amide bonds. The number of carbonyl (C=O) groups is 1. The van der Waals surface area contributed by atoms with E-state index >= 15 is 0 Å². The molecule has 0 bridgehead atoms. The summed E-state index contributed by atoms with van der Waals surface area (Å²) in [4.78, 5) is 28.7. The molecule has 206 valence electrons. The minimum atomic E-state index is -5.08. The van der Waals surface area contributed by atoms with Crippen molar-refractivity contribution < 1.29 is 32.2 Å². The number of hydrogen-bond acceptors (Lipinski definition) is 10. The summed E-state index contributed by atoms with van der Waals surface area (Å²) in [5.41, 5.74) is 3.46. The second-order valence-electron chi connectivity index (χ2n) is 8.37. The van der Waals surface area contributed by atoms with Gasteiger partial charge in [-0.05, 0) is 36.4 Å². The average Bonchev–Trinajstić information content (AvgIpc) is 3.67. The van der Waals surface area contributed by atoms with Gasteiger partial charge in [-0.2, -0.15) is 18.2 Å². The second kappa shape index (κ2) is 11.4. The number of nitrogens with zero attached hydrogens (tertiary/aromatic N) is 7. The fourth-order valence-corrected chi connectivity index (χ4v) is 3.70. The Bertz CT molecular complexity index is 1580. The number of halogens is 3. The number of carboxylic acid groups (broad SMARTS) is 1. The van der Waals surface area contributed by atoms with Gasteiger partial charge in [0.25, 0.3) is 0 Å². The van der Waals surface area contributed by atoms with E-state index in [0.717, 1.165) is 40.9 Å². The summed E-state index contributed by atoms with van der Waals surface area (Å²) in [5.74, 6) is -0.970. The summed E-state index contributed by atoms with van der Waals surface area (Å²) in [6.45, 7) is 3.01. The van der Waals surface area contributed by atoms with Gasteiger partial charge in [0.2, 0.25) is 17.8 Å². The summed E-state index contributed by atoms with van der Waals surface area (Å²) in [6, 6.07) is 13.7. The smallest absolute Gasteiger partial charge is 0.475 e. The van der Waals surface area contributed by atoms with Crippen LogP contribution in [-0.4, -0.2) is 73.3 Å². The monoisotopic (exact) mass is 554 g/mol. The first-order chi connectivity index (χ1) is 19.3. The van der Waals surface area contributed by atoms with Crippen molar-refractivity contribution in [3.8, 4) is 17.1 Å². The van der Waals surface area contributed by atoms with Gasteiger partial charge in [0, 0.05) is 35.9 Å². The molecule has 0 aliphatic carbocycles. The number of nitrogens with one attached hydrogen (secondary N) is 1. The fourth-order valence-electron chi connectivity index (χ4n) is 3.70. The van der Waals surface area contributed by atoms with Gasteiger partial charge in [-0.25, -0.2) is 24.4 Å². The van der Waals surface area contributed by atoms with Gasteiger partial charge in [0.15, 0.2) is 0 Å². The van der Waals surface area contributed by atoms with Crippen LogP contribution in [-0.2, 0) is 9.53 Å². The summed E-state index contributed by atoms with van der Waals surface area (Å²) in [6.07, 6.45) is 1.61. The number of alkyl halides is 3. The van der Waals surface area contributed by atoms with E-state index in [1.165, 1.54) is 0 Å². The molecular formula is C25H21F3N8O4. The summed E-state index contributed by atoms with van der Waals surface area (Å²) in [5, 5.41) is 15.9. The number of aliphatic carboxylic acids is 1. The first-order valence-corrected chi connectivity index (χ1v) is 11.8. The average molecular weight is 554 g/mol. The quantitative estimate of drug-likeness (QED) is 0.324. The lowest BCUT2D eigenvalue weighted by Gasteiger charge is -2.25. The maximum absolute atomic E-state index is 10.6. The van der Waals surface area contributed by atoms with Crippen molar-refractivity contribution in [2.45, 2.75) is 6.18 Å². The number of fused-ring (bicyclic) bond motifs is 1. The predicted molar refractivity (Wildman–Crippen MR) is 136 cm³/mol. The molecule has 0 unspecified atom stereocenters. The highest BCUT2D eigenvalue weighted by atomic mass is 19.4. The standard InChI is InChI=1S/C23H20N8O2.C2HF3O2/c1-2-17-14-25-22(28-20(17)13-16(1)21-24-7-10-33-21)27-18-3-5-19(6-4-18)31-15-26-23(29-31)30-8-11-32-12-9-30;3-2(4,5)1(6)7/h1-7,10,13-15H,8-9,11-12H2,(H,25,27,28);(H,6,7). The van der Waals surface area contributed by atoms with Gasteiger partial charge in [0.1, 0.15) is 12.6 Å². The van der Waals surface area contributed by atoms with Gasteiger partial charge >= 0.3 is 12.1 Å². The Morgan fingerprint density at radius 3 is 2.45 bits per heavy atom. The number of ether oxygens (including phenoxy) is 1. The lowest BCUT2D eigenvalue weighted by Crippen LogP contribution is -2.37. The van der Waals surface area contributed by atoms with E-state index in [1.54, 1.807) is 29.7 Å². The van der Waals surface area contributed by atoms with Gasteiger partial charge in [-0.15, -0.1) is 5.10 Å². The van der Waals surface area contributed by atoms with Crippen LogP contribution in [0.25, 0.3) is 28.0 Å². The molecule has 0 radical (unpaired) electrons. The lowest BCUT2D eigenvalue weighted by molar-refractivity contribution is -0.192. The van der Waals surface area contributed by atoms with E-state index in [1.807, 2.05) is 42.5 Å². The van der Waals surface area contributed by atoms with Crippen LogP contribution < -0.4 is 10.2 Å². The highest BCUT2D eigenvalue weighted by molar-refractivity contribution is 5.83. The van der Waals surface area contributed by atoms with E-state index in [0.29, 0.717) is 31.0 Å². The molecule has 4 heterocycles. The summed E-state index contributed by atoms with van der Waals surface area (Å²) < 4.78 is 44.3. The maximum Gasteiger partial charge on any atom is 0.490 e. The molecule has 5 aromatic rings. The zero-order chi connectivity index (χ0) is 28.1. The Balaban J connectivity index is 0.000000411. The summed E-state index contributed by atoms with van der Waals surface area (Å²) in [7, 11) is 0. The van der Waals surface area contributed by atoms with Crippen LogP contribution in [0.3, 0.4) is 0 Å². The van der Waals surface area contributed by atoms with Crippen LogP contribution in [0.4, 0.5) is 30.8 Å². The molecular weight excluding hydrogens is 533 g/mol. The third kappa shape index (κ3) is 6.32. The van der Waals surface area contributed by atoms with Gasteiger partial charge in [-0.3, -0.25) is 0 Å². The van der Waals surface area contributed by atoms with Crippen molar-refractivity contribution in [1.82, 2.24) is 29.7 Å². The number of anilines is 3. The fraction of sp³-hybridized carbons (Fsp3) is 0.200. The van der Waals surface area contributed by atoms with Gasteiger partial charge in [-0.1, -0.05) is 6.07 Å². The molecule has 0 saturated carbocycles. The SMILES string of the molecule is O=C(O)C(F)(F)F.c1coc(-c2ccc3cnc(Nc4ccc(-n5cnc(N6CCOCC6)n5)cc4)nc3c2)n1. The van der Waals surface area contributed by atoms with Crippen molar-refractivity contribution in [2.75, 3.05) is 36.5 Å². The molecule has 1 fully saturated rings. The third-order valence-corrected chi connectivity index (χ3v) is 5.67. The van der Waals surface area contributed by atoms with E-state index in [2.05, 4.69) is 35.3 Å². The maximum atomic E-state index is 10.6. The van der Waals surface area contributed by atoms with Crippen molar-refractivity contribution >= 4 is 34.5 Å². The minimum Gasteiger partial charge on any atom is -0.475 e. The highest BCUT2D eigenvalue weighted by Gasteiger charge is 2.38. The zero-order valence-corrected chi connectivity index (χ0v) is 20.6. The number of rotatable bonds is 5. The summed E-state index contributed by atoms with van der Waals surface area (Å²) >= 11 is 0. The molecule has 1 saturated heterocycles. The zero-order valence-electron chi connectivity index (χ0n) is 20.6. The molecule has 0 atom stereocenters. The van der Waals surface area contributed by atoms with E-state index < -0.39 is 12.1 Å². The number of aromatic nitrogens is 6. The van der Waals surface area contributed by atoms with Crippen molar-refractivity contribution in [3.63, 3.8) is 0 Å². The third-order valence-electron chi connectivity index (χ3n) is 5.67. The van der Waals surface area contributed by atoms with Crippen LogP contribution in [0, 0.1) is 0 Å². The number of hydrogen-bond donors (Lipinski definition) is 2. The number of morpholine rings is 1. The largest absolute Gasteiger partial charge is 0.490 e. The van der Waals surface area contributed by atoms with E-state index in [4.69, 9.17) is 19.1 Å². The molecule has 1 aliphatic heterocycles. The highest BCUT2D eigenvalue weighted by Crippen LogP contribution is 2.24. The molecule has 2 N–H and O–H groups in total. The second-order valence-corrected chi connectivity index (χ2v) is 8.37. The first kappa shape index (κ1) is 26.6.